The molecule has 1 atom stereocenters. The zero-order chi connectivity index (χ0) is 12.3. The molecule has 0 saturated carbocycles. The van der Waals surface area contributed by atoms with Crippen molar-refractivity contribution in [3.63, 3.8) is 0 Å². The lowest BCUT2D eigenvalue weighted by molar-refractivity contribution is 0.318. The summed E-state index contributed by atoms with van der Waals surface area (Å²) in [5, 5.41) is 10.6. The minimum atomic E-state index is -3.44. The Morgan fingerprint density at radius 2 is 2.00 bits per heavy atom. The van der Waals surface area contributed by atoms with Gasteiger partial charge in [0.2, 0.25) is 0 Å². The van der Waals surface area contributed by atoms with Crippen LogP contribution < -0.4 is 0 Å². The number of rotatable bonds is 3. The number of hydrogen-bond donors (Lipinski definition) is 1. The van der Waals surface area contributed by atoms with Gasteiger partial charge in [-0.2, -0.15) is 0 Å². The zero-order valence-corrected chi connectivity index (χ0v) is 9.70. The molecule has 1 N–H and O–H groups in total. The summed E-state index contributed by atoms with van der Waals surface area (Å²) < 4.78 is 36.0. The van der Waals surface area contributed by atoms with E-state index in [1.807, 2.05) is 0 Å². The second-order valence-electron chi connectivity index (χ2n) is 3.44. The van der Waals surface area contributed by atoms with Crippen molar-refractivity contribution < 1.29 is 18.0 Å². The molecule has 0 radical (unpaired) electrons. The van der Waals surface area contributed by atoms with E-state index in [2.05, 4.69) is 5.16 Å². The van der Waals surface area contributed by atoms with Crippen molar-refractivity contribution in [3.8, 4) is 0 Å². The lowest BCUT2D eigenvalue weighted by Gasteiger charge is -2.11. The second kappa shape index (κ2) is 4.61. The van der Waals surface area contributed by atoms with Crippen molar-refractivity contribution in [2.75, 3.05) is 6.26 Å². The summed E-state index contributed by atoms with van der Waals surface area (Å²) in [6.45, 7) is 1.34. The molecule has 1 aromatic rings. The van der Waals surface area contributed by atoms with Gasteiger partial charge in [0.1, 0.15) is 16.8 Å². The first-order valence-electron chi connectivity index (χ1n) is 4.53. The first-order valence-corrected chi connectivity index (χ1v) is 6.49. The molecule has 1 rings (SSSR count). The molecule has 88 valence electrons. The van der Waals surface area contributed by atoms with Gasteiger partial charge < -0.3 is 5.21 Å². The van der Waals surface area contributed by atoms with Gasteiger partial charge in [-0.05, 0) is 13.0 Å². The predicted octanol–water partition coefficient (Wildman–Crippen LogP) is 1.44. The molecule has 0 bridgehead atoms. The third kappa shape index (κ3) is 2.57. The summed E-state index contributed by atoms with van der Waals surface area (Å²) in [6, 6.07) is 5.55. The van der Waals surface area contributed by atoms with E-state index in [4.69, 9.17) is 5.21 Å². The topological polar surface area (TPSA) is 66.7 Å². The highest BCUT2D eigenvalue weighted by atomic mass is 32.2. The Morgan fingerprint density at radius 3 is 2.44 bits per heavy atom. The number of oxime groups is 1. The van der Waals surface area contributed by atoms with Gasteiger partial charge in [-0.3, -0.25) is 0 Å². The van der Waals surface area contributed by atoms with Crippen LogP contribution in [0.1, 0.15) is 12.5 Å². The Kier molecular flexibility index (Phi) is 3.64. The van der Waals surface area contributed by atoms with E-state index in [1.54, 1.807) is 6.07 Å². The highest BCUT2D eigenvalue weighted by molar-refractivity contribution is 7.92. The van der Waals surface area contributed by atoms with E-state index >= 15 is 0 Å². The Bertz CT molecular complexity index is 511. The Hall–Kier alpha value is -1.43. The molecular formula is C10H12FNO3S. The maximum Gasteiger partial charge on any atom is 0.155 e. The number of benzene rings is 1. The minimum absolute atomic E-state index is 0.0112. The van der Waals surface area contributed by atoms with Crippen molar-refractivity contribution >= 4 is 15.5 Å². The van der Waals surface area contributed by atoms with E-state index in [9.17, 15) is 12.8 Å². The van der Waals surface area contributed by atoms with Gasteiger partial charge in [0, 0.05) is 11.8 Å². The predicted molar refractivity (Wildman–Crippen MR) is 59.0 cm³/mol. The van der Waals surface area contributed by atoms with Crippen LogP contribution in [0.5, 0.6) is 0 Å². The molecule has 0 heterocycles. The molecular weight excluding hydrogens is 233 g/mol. The molecule has 0 amide bonds. The van der Waals surface area contributed by atoms with Crippen LogP contribution in [0.3, 0.4) is 0 Å². The molecule has 4 nitrogen and oxygen atoms in total. The van der Waals surface area contributed by atoms with Crippen molar-refractivity contribution in [3.05, 3.63) is 35.6 Å². The van der Waals surface area contributed by atoms with Gasteiger partial charge in [0.25, 0.3) is 0 Å². The smallest absolute Gasteiger partial charge is 0.155 e. The van der Waals surface area contributed by atoms with Crippen molar-refractivity contribution in [1.82, 2.24) is 0 Å². The van der Waals surface area contributed by atoms with Crippen LogP contribution in [0, 0.1) is 5.82 Å². The van der Waals surface area contributed by atoms with E-state index in [0.717, 1.165) is 6.26 Å². The van der Waals surface area contributed by atoms with Crippen LogP contribution in [-0.4, -0.2) is 30.8 Å². The van der Waals surface area contributed by atoms with E-state index in [0.29, 0.717) is 0 Å². The molecule has 0 saturated heterocycles. The Balaban J connectivity index is 3.26. The van der Waals surface area contributed by atoms with E-state index in [-0.39, 0.29) is 11.3 Å². The number of sulfone groups is 1. The number of halogens is 1. The first-order chi connectivity index (χ1) is 7.38. The molecule has 0 aliphatic heterocycles. The summed E-state index contributed by atoms with van der Waals surface area (Å²) in [6.07, 6.45) is 1.00. The third-order valence-corrected chi connectivity index (χ3v) is 3.79. The van der Waals surface area contributed by atoms with Crippen LogP contribution in [0.15, 0.2) is 29.4 Å². The van der Waals surface area contributed by atoms with Gasteiger partial charge in [-0.25, -0.2) is 12.8 Å². The lowest BCUT2D eigenvalue weighted by Crippen LogP contribution is -2.28. The molecule has 1 unspecified atom stereocenters. The number of hydrogen-bond acceptors (Lipinski definition) is 4. The molecule has 1 aromatic carbocycles. The van der Waals surface area contributed by atoms with E-state index < -0.39 is 20.9 Å². The SMILES string of the molecule is CC(/C(=N/O)c1ccccc1F)S(C)(=O)=O. The summed E-state index contributed by atoms with van der Waals surface area (Å²) in [5.41, 5.74) is -0.205. The summed E-state index contributed by atoms with van der Waals surface area (Å²) in [7, 11) is -3.44. The van der Waals surface area contributed by atoms with Gasteiger partial charge in [0.05, 0.1) is 0 Å². The summed E-state index contributed by atoms with van der Waals surface area (Å²) >= 11 is 0. The fraction of sp³-hybridized carbons (Fsp3) is 0.300. The van der Waals surface area contributed by atoms with Crippen LogP contribution in [0.25, 0.3) is 0 Å². The average molecular weight is 245 g/mol. The summed E-state index contributed by atoms with van der Waals surface area (Å²) in [4.78, 5) is 0. The highest BCUT2D eigenvalue weighted by Gasteiger charge is 2.25. The lowest BCUT2D eigenvalue weighted by atomic mass is 10.1. The quantitative estimate of drug-likeness (QED) is 0.497. The maximum absolute atomic E-state index is 13.4. The van der Waals surface area contributed by atoms with Crippen LogP contribution >= 0.6 is 0 Å². The molecule has 0 aromatic heterocycles. The molecule has 0 aliphatic rings. The standard InChI is InChI=1S/C10H12FNO3S/c1-7(16(2,14)15)10(12-13)8-5-3-4-6-9(8)11/h3-7,13H,1-2H3/b12-10-. The van der Waals surface area contributed by atoms with Crippen molar-refractivity contribution in [2.24, 2.45) is 5.16 Å². The molecule has 16 heavy (non-hydrogen) atoms. The largest absolute Gasteiger partial charge is 0.411 e. The van der Waals surface area contributed by atoms with Crippen LogP contribution in [-0.2, 0) is 9.84 Å². The fourth-order valence-corrected chi connectivity index (χ4v) is 1.81. The normalized spacial score (nSPS) is 14.8. The van der Waals surface area contributed by atoms with Gasteiger partial charge in [0.15, 0.2) is 9.84 Å². The summed E-state index contributed by atoms with van der Waals surface area (Å²) in [5.74, 6) is -0.620. The average Bonchev–Trinajstić information content (AvgIpc) is 2.20. The van der Waals surface area contributed by atoms with Crippen LogP contribution in [0.4, 0.5) is 4.39 Å². The molecule has 0 spiro atoms. The first kappa shape index (κ1) is 12.6. The molecule has 0 fully saturated rings. The number of nitrogens with zero attached hydrogens (tertiary/aromatic N) is 1. The van der Waals surface area contributed by atoms with Crippen LogP contribution in [0.2, 0.25) is 0 Å². The van der Waals surface area contributed by atoms with Crippen molar-refractivity contribution in [1.29, 1.82) is 0 Å². The van der Waals surface area contributed by atoms with Gasteiger partial charge >= 0.3 is 0 Å². The Labute approximate surface area is 93.3 Å². The van der Waals surface area contributed by atoms with Gasteiger partial charge in [-0.15, -0.1) is 0 Å². The second-order valence-corrected chi connectivity index (χ2v) is 5.80. The van der Waals surface area contributed by atoms with E-state index in [1.165, 1.54) is 25.1 Å². The molecule has 6 heteroatoms. The highest BCUT2D eigenvalue weighted by Crippen LogP contribution is 2.14. The maximum atomic E-state index is 13.4. The van der Waals surface area contributed by atoms with Crippen molar-refractivity contribution in [2.45, 2.75) is 12.2 Å². The Morgan fingerprint density at radius 1 is 1.44 bits per heavy atom. The third-order valence-electron chi connectivity index (χ3n) is 2.28. The monoisotopic (exact) mass is 245 g/mol. The fourth-order valence-electron chi connectivity index (χ4n) is 1.23. The zero-order valence-electron chi connectivity index (χ0n) is 8.88. The minimum Gasteiger partial charge on any atom is -0.411 e. The molecule has 0 aliphatic carbocycles. The van der Waals surface area contributed by atoms with Gasteiger partial charge in [-0.1, -0.05) is 23.4 Å².